The summed E-state index contributed by atoms with van der Waals surface area (Å²) in [5.41, 5.74) is 7.29. The maximum absolute atomic E-state index is 14.1. The summed E-state index contributed by atoms with van der Waals surface area (Å²) in [7, 11) is -1.93. The molecule has 5 aromatic rings. The number of aromatic nitrogens is 4. The molecule has 3 aliphatic rings. The first-order valence-corrected chi connectivity index (χ1v) is 30.7. The average molecular weight is 1150 g/mol. The van der Waals surface area contributed by atoms with Gasteiger partial charge in [0.15, 0.2) is 9.84 Å². The second-order valence-electron chi connectivity index (χ2n) is 22.8. The van der Waals surface area contributed by atoms with Gasteiger partial charge in [-0.2, -0.15) is 4.98 Å². The Kier molecular flexibility index (Phi) is 20.0. The number of nitrogens with zero attached hydrogens (tertiary/aromatic N) is 8. The maximum atomic E-state index is 14.1. The van der Waals surface area contributed by atoms with Crippen molar-refractivity contribution in [3.05, 3.63) is 89.3 Å². The predicted molar refractivity (Wildman–Crippen MR) is 316 cm³/mol. The van der Waals surface area contributed by atoms with E-state index in [9.17, 15) is 32.7 Å². The quantitative estimate of drug-likeness (QED) is 0.0420. The van der Waals surface area contributed by atoms with Crippen LogP contribution in [0.15, 0.2) is 77.4 Å². The Hall–Kier alpha value is -6.75. The molecule has 1 unspecified atom stereocenters. The Labute approximate surface area is 480 Å². The number of unbranched alkanes of at least 4 members (excludes halogenated alkanes) is 3. The number of β-amino-alcohol motifs (C(OH)–C–C–N with tert-alkyl or cyclic N) is 1. The van der Waals surface area contributed by atoms with Crippen LogP contribution >= 0.6 is 11.3 Å². The number of piperidine rings is 1. The first-order chi connectivity index (χ1) is 38.7. The number of aryl methyl sites for hydroxylation is 2. The number of methoxy groups -OCH3 is 1. The van der Waals surface area contributed by atoms with Crippen LogP contribution in [0.2, 0.25) is 0 Å². The number of thiazole rings is 1. The van der Waals surface area contributed by atoms with E-state index in [1.54, 1.807) is 56.6 Å². The van der Waals surface area contributed by atoms with Gasteiger partial charge in [0.2, 0.25) is 35.5 Å². The molecule has 22 heteroatoms. The van der Waals surface area contributed by atoms with Gasteiger partial charge in [0, 0.05) is 89.4 Å². The zero-order valence-electron chi connectivity index (χ0n) is 48.0. The number of piperazine rings is 1. The van der Waals surface area contributed by atoms with Crippen molar-refractivity contribution in [1.82, 2.24) is 45.3 Å². The van der Waals surface area contributed by atoms with E-state index in [-0.39, 0.29) is 66.4 Å². The normalized spacial score (nSPS) is 17.7. The molecule has 3 aliphatic heterocycles. The third-order valence-electron chi connectivity index (χ3n) is 15.6. The van der Waals surface area contributed by atoms with Crippen molar-refractivity contribution < 1.29 is 37.4 Å². The molecular weight excluding hydrogens is 1070 g/mol. The lowest BCUT2D eigenvalue weighted by atomic mass is 9.85. The number of hydrogen-bond acceptors (Lipinski definition) is 17. The van der Waals surface area contributed by atoms with Crippen LogP contribution in [0.4, 0.5) is 29.0 Å². The number of amides is 4. The van der Waals surface area contributed by atoms with Crippen molar-refractivity contribution >= 4 is 73.8 Å². The summed E-state index contributed by atoms with van der Waals surface area (Å²) in [6.07, 6.45) is 6.25. The van der Waals surface area contributed by atoms with E-state index in [1.807, 2.05) is 74.5 Å². The van der Waals surface area contributed by atoms with E-state index in [0.29, 0.717) is 49.1 Å². The summed E-state index contributed by atoms with van der Waals surface area (Å²) < 4.78 is 31.9. The fraction of sp³-hybridized carbons (Fsp3) is 0.525. The Morgan fingerprint density at radius 2 is 1.51 bits per heavy atom. The topological polar surface area (TPSA) is 245 Å². The van der Waals surface area contributed by atoms with Gasteiger partial charge in [0.05, 0.1) is 50.8 Å². The number of aliphatic hydroxyl groups is 1. The number of carbonyl (C=O) groups excluding carboxylic acids is 4. The van der Waals surface area contributed by atoms with Gasteiger partial charge >= 0.3 is 0 Å². The van der Waals surface area contributed by atoms with Crippen molar-refractivity contribution in [3.63, 3.8) is 0 Å². The number of likely N-dealkylation sites (tertiary alicyclic amines) is 1. The summed E-state index contributed by atoms with van der Waals surface area (Å²) in [4.78, 5) is 81.3. The average Bonchev–Trinajstić information content (AvgIpc) is 4.28. The SMILES string of the molecule is COc1cc(N2CCC(N3CCN(C(=O)CCCCCCC(=O)NC(C(=O)N4C[C@H](O)C[C@H]4C(=O)NCc4ccc(-c5scnc5C)cc4)C(C)(C)C)CC3)CC2)c(C)cc1Nc1ncnc(Nc2ccccc2S(=O)(=O)C(C)C)n1. The Morgan fingerprint density at radius 1 is 0.840 bits per heavy atom. The molecule has 4 amide bonds. The summed E-state index contributed by atoms with van der Waals surface area (Å²) in [6.45, 7) is 18.1. The monoisotopic (exact) mass is 1150 g/mol. The highest BCUT2D eigenvalue weighted by Gasteiger charge is 2.44. The number of benzene rings is 3. The van der Waals surface area contributed by atoms with Crippen molar-refractivity contribution in [2.75, 3.05) is 68.5 Å². The van der Waals surface area contributed by atoms with Crippen molar-refractivity contribution in [2.45, 2.75) is 147 Å². The number of sulfone groups is 1. The number of ether oxygens (including phenoxy) is 1. The van der Waals surface area contributed by atoms with Gasteiger partial charge in [-0.15, -0.1) is 11.3 Å². The van der Waals surface area contributed by atoms with E-state index >= 15 is 0 Å². The van der Waals surface area contributed by atoms with Gasteiger partial charge in [-0.1, -0.05) is 70.0 Å². The highest BCUT2D eigenvalue weighted by atomic mass is 32.2. The third kappa shape index (κ3) is 15.2. The molecule has 20 nitrogen and oxygen atoms in total. The standard InChI is InChI=1S/C59H80N12O8S2/c1-38(2)81(77,78)50-16-14-13-15-45(50)64-57-61-36-62-58(67-57)65-46-31-39(3)47(33-49(46)79-8)69-25-23-43(24-26-69)68-27-29-70(30-28-68)52(74)18-12-10-9-11-17-51(73)66-54(59(5,6)7)56(76)71-35-44(72)32-48(71)55(75)60-34-41-19-21-42(22-20-41)53-40(4)63-37-80-53/h13-16,19-22,31,33,36-38,43-44,48,54,72H,9-12,17-18,23-30,32,34-35H2,1-8H3,(H,60,75)(H,66,73)(H2,61,62,64,65,67)/t44-,48+,54?/m1/s1. The highest BCUT2D eigenvalue weighted by molar-refractivity contribution is 7.92. The van der Waals surface area contributed by atoms with Gasteiger partial charge in [-0.05, 0) is 93.7 Å². The smallest absolute Gasteiger partial charge is 0.246 e. The summed E-state index contributed by atoms with van der Waals surface area (Å²) in [5.74, 6) is 0.262. The van der Waals surface area contributed by atoms with Gasteiger partial charge in [0.1, 0.15) is 24.2 Å². The van der Waals surface area contributed by atoms with Crippen molar-refractivity contribution in [2.24, 2.45) is 5.41 Å². The fourth-order valence-corrected chi connectivity index (χ4v) is 12.9. The Morgan fingerprint density at radius 3 is 2.15 bits per heavy atom. The lowest BCUT2D eigenvalue weighted by molar-refractivity contribution is -0.144. The highest BCUT2D eigenvalue weighted by Crippen LogP contribution is 2.37. The lowest BCUT2D eigenvalue weighted by Crippen LogP contribution is -2.57. The molecule has 8 rings (SSSR count). The molecule has 5 heterocycles. The summed E-state index contributed by atoms with van der Waals surface area (Å²) in [6, 6.07) is 17.3. The minimum atomic E-state index is -3.56. The number of anilines is 5. The molecule has 3 atom stereocenters. The number of carbonyl (C=O) groups is 4. The zero-order valence-corrected chi connectivity index (χ0v) is 49.7. The van der Waals surface area contributed by atoms with Gasteiger partial charge in [-0.25, -0.2) is 23.4 Å². The van der Waals surface area contributed by atoms with E-state index in [4.69, 9.17) is 4.74 Å². The van der Waals surface area contributed by atoms with Gasteiger partial charge in [0.25, 0.3) is 0 Å². The first kappa shape index (κ1) is 60.3. The second-order valence-corrected chi connectivity index (χ2v) is 26.1. The third-order valence-corrected chi connectivity index (χ3v) is 18.8. The molecular formula is C59H80N12O8S2. The Bertz CT molecular complexity index is 3100. The van der Waals surface area contributed by atoms with E-state index < -0.39 is 38.7 Å². The van der Waals surface area contributed by atoms with Crippen LogP contribution in [0.5, 0.6) is 5.75 Å². The van der Waals surface area contributed by atoms with Crippen LogP contribution in [-0.4, -0.2) is 154 Å². The molecule has 3 fully saturated rings. The van der Waals surface area contributed by atoms with Crippen LogP contribution in [0.25, 0.3) is 10.4 Å². The van der Waals surface area contributed by atoms with Crippen LogP contribution in [-0.2, 0) is 35.6 Å². The maximum Gasteiger partial charge on any atom is 0.246 e. The molecule has 2 aromatic heterocycles. The van der Waals surface area contributed by atoms with Crippen LogP contribution in [0.1, 0.15) is 109 Å². The molecule has 3 saturated heterocycles. The fourth-order valence-electron chi connectivity index (χ4n) is 10.9. The molecule has 0 bridgehead atoms. The molecule has 81 heavy (non-hydrogen) atoms. The molecule has 3 aromatic carbocycles. The summed E-state index contributed by atoms with van der Waals surface area (Å²) in [5, 5.41) is 22.3. The predicted octanol–water partition coefficient (Wildman–Crippen LogP) is 7.55. The van der Waals surface area contributed by atoms with E-state index in [0.717, 1.165) is 91.2 Å². The largest absolute Gasteiger partial charge is 0.494 e. The van der Waals surface area contributed by atoms with Gasteiger partial charge < -0.3 is 45.8 Å². The number of para-hydroxylation sites is 1. The van der Waals surface area contributed by atoms with Crippen LogP contribution in [0.3, 0.4) is 0 Å². The molecule has 5 N–H and O–H groups in total. The molecule has 0 saturated carbocycles. The first-order valence-electron chi connectivity index (χ1n) is 28.3. The summed E-state index contributed by atoms with van der Waals surface area (Å²) >= 11 is 1.58. The second kappa shape index (κ2) is 26.9. The molecule has 0 spiro atoms. The van der Waals surface area contributed by atoms with E-state index in [1.165, 1.54) is 11.2 Å². The minimum absolute atomic E-state index is 0.00898. The Balaban J connectivity index is 0.726. The van der Waals surface area contributed by atoms with Crippen LogP contribution < -0.4 is 30.9 Å². The lowest BCUT2D eigenvalue weighted by Gasteiger charge is -2.43. The minimum Gasteiger partial charge on any atom is -0.494 e. The molecule has 436 valence electrons. The van der Waals surface area contributed by atoms with Crippen LogP contribution in [0, 0.1) is 19.3 Å². The number of aliphatic hydroxyl groups excluding tert-OH is 1. The van der Waals surface area contributed by atoms with Crippen molar-refractivity contribution in [3.8, 4) is 16.2 Å². The van der Waals surface area contributed by atoms with Gasteiger partial charge in [-0.3, -0.25) is 24.1 Å². The number of nitrogens with one attached hydrogen (secondary N) is 4. The molecule has 0 aliphatic carbocycles. The number of hydrogen-bond donors (Lipinski definition) is 5. The molecule has 0 radical (unpaired) electrons. The number of rotatable bonds is 22. The van der Waals surface area contributed by atoms with Crippen molar-refractivity contribution in [1.29, 1.82) is 0 Å². The zero-order chi connectivity index (χ0) is 58.0. The van der Waals surface area contributed by atoms with E-state index in [2.05, 4.69) is 57.9 Å².